The van der Waals surface area contributed by atoms with E-state index < -0.39 is 9.84 Å². The number of carbonyl (C=O) groups excluding carboxylic acids is 1. The van der Waals surface area contributed by atoms with Gasteiger partial charge in [0.25, 0.3) is 0 Å². The molecule has 8 heteroatoms. The van der Waals surface area contributed by atoms with Crippen LogP contribution in [0.4, 0.5) is 11.4 Å². The Morgan fingerprint density at radius 1 is 1.13 bits per heavy atom. The van der Waals surface area contributed by atoms with Crippen molar-refractivity contribution in [2.24, 2.45) is 0 Å². The maximum Gasteiger partial charge on any atom is 0.238 e. The van der Waals surface area contributed by atoms with Gasteiger partial charge in [-0.3, -0.25) is 9.69 Å². The van der Waals surface area contributed by atoms with Crippen LogP contribution in [0.3, 0.4) is 0 Å². The van der Waals surface area contributed by atoms with Crippen LogP contribution in [-0.4, -0.2) is 52.2 Å². The largest absolute Gasteiger partial charge is 0.371 e. The molecule has 162 valence electrons. The van der Waals surface area contributed by atoms with Crippen LogP contribution in [0.25, 0.3) is 0 Å². The molecule has 0 aromatic heterocycles. The number of anilines is 2. The monoisotopic (exact) mass is 449 g/mol. The van der Waals surface area contributed by atoms with E-state index >= 15 is 0 Å². The number of piperidine rings is 1. The molecule has 1 amide bonds. The predicted molar refractivity (Wildman–Crippen MR) is 122 cm³/mol. The number of carbonyl (C=O) groups is 1. The van der Waals surface area contributed by atoms with Gasteiger partial charge in [-0.1, -0.05) is 29.8 Å². The van der Waals surface area contributed by atoms with E-state index in [1.165, 1.54) is 48.7 Å². The van der Waals surface area contributed by atoms with Gasteiger partial charge in [0.15, 0.2) is 9.84 Å². The van der Waals surface area contributed by atoms with Gasteiger partial charge in [-0.05, 0) is 56.1 Å². The highest BCUT2D eigenvalue weighted by Crippen LogP contribution is 2.26. The second-order valence-corrected chi connectivity index (χ2v) is 10.2. The summed E-state index contributed by atoms with van der Waals surface area (Å²) in [5.74, 6) is -0.250. The maximum atomic E-state index is 12.5. The van der Waals surface area contributed by atoms with Crippen LogP contribution in [0.5, 0.6) is 0 Å². The summed E-state index contributed by atoms with van der Waals surface area (Å²) in [5.41, 5.74) is 2.71. The summed E-state index contributed by atoms with van der Waals surface area (Å²) < 4.78 is 23.5. The third-order valence-electron chi connectivity index (χ3n) is 5.18. The summed E-state index contributed by atoms with van der Waals surface area (Å²) in [6.07, 6.45) is 4.82. The third kappa shape index (κ3) is 5.97. The second kappa shape index (κ2) is 9.81. The van der Waals surface area contributed by atoms with Gasteiger partial charge < -0.3 is 10.2 Å². The Hall–Kier alpha value is -2.09. The van der Waals surface area contributed by atoms with Gasteiger partial charge in [0, 0.05) is 31.6 Å². The van der Waals surface area contributed by atoms with Crippen molar-refractivity contribution in [3.8, 4) is 0 Å². The summed E-state index contributed by atoms with van der Waals surface area (Å²) in [6, 6.07) is 12.6. The van der Waals surface area contributed by atoms with E-state index in [4.69, 9.17) is 11.6 Å². The first-order valence-corrected chi connectivity index (χ1v) is 12.3. The molecule has 2 aromatic rings. The van der Waals surface area contributed by atoms with E-state index in [1.54, 1.807) is 0 Å². The molecule has 30 heavy (non-hydrogen) atoms. The number of hydrogen-bond acceptors (Lipinski definition) is 5. The molecule has 0 radical (unpaired) electrons. The minimum atomic E-state index is -3.38. The molecule has 0 unspecified atom stereocenters. The number of benzene rings is 2. The number of para-hydroxylation sites is 1. The van der Waals surface area contributed by atoms with Gasteiger partial charge in [0.1, 0.15) is 0 Å². The highest BCUT2D eigenvalue weighted by molar-refractivity contribution is 7.90. The van der Waals surface area contributed by atoms with Crippen molar-refractivity contribution in [2.45, 2.75) is 30.7 Å². The molecule has 3 rings (SSSR count). The van der Waals surface area contributed by atoms with Crippen LogP contribution in [0.2, 0.25) is 5.02 Å². The summed E-state index contributed by atoms with van der Waals surface area (Å²) in [7, 11) is -1.49. The molecule has 0 atom stereocenters. The van der Waals surface area contributed by atoms with Crippen LogP contribution in [-0.2, 0) is 21.2 Å². The Balaban J connectivity index is 1.65. The van der Waals surface area contributed by atoms with Crippen molar-refractivity contribution in [2.75, 3.05) is 43.2 Å². The standard InChI is InChI=1S/C22H28ClN3O3S/c1-25(15-17-8-4-5-9-21(17)26-12-6-3-7-13-26)16-22(27)24-20-14-18(30(2,28)29)10-11-19(20)23/h4-5,8-11,14H,3,6-7,12-13,15-16H2,1-2H3,(H,24,27). The number of rotatable bonds is 7. The summed E-state index contributed by atoms with van der Waals surface area (Å²) in [4.78, 5) is 17.0. The zero-order chi connectivity index (χ0) is 21.7. The van der Waals surface area contributed by atoms with Gasteiger partial charge in [0.2, 0.25) is 5.91 Å². The molecule has 1 fully saturated rings. The minimum absolute atomic E-state index is 0.117. The highest BCUT2D eigenvalue weighted by atomic mass is 35.5. The lowest BCUT2D eigenvalue weighted by Crippen LogP contribution is -2.33. The van der Waals surface area contributed by atoms with E-state index in [0.717, 1.165) is 19.3 Å². The van der Waals surface area contributed by atoms with Crippen molar-refractivity contribution >= 4 is 38.7 Å². The summed E-state index contributed by atoms with van der Waals surface area (Å²) in [6.45, 7) is 2.93. The molecule has 1 aliphatic rings. The van der Waals surface area contributed by atoms with Crippen molar-refractivity contribution in [3.05, 3.63) is 53.1 Å². The lowest BCUT2D eigenvalue weighted by molar-refractivity contribution is -0.117. The lowest BCUT2D eigenvalue weighted by Gasteiger charge is -2.31. The predicted octanol–water partition coefficient (Wildman–Crippen LogP) is 3.80. The SMILES string of the molecule is CN(CC(=O)Nc1cc(S(C)(=O)=O)ccc1Cl)Cc1ccccc1N1CCCCC1. The van der Waals surface area contributed by atoms with Crippen molar-refractivity contribution in [1.82, 2.24) is 4.90 Å². The first-order chi connectivity index (χ1) is 14.2. The Bertz CT molecular complexity index is 1000. The zero-order valence-corrected chi connectivity index (χ0v) is 19.0. The third-order valence-corrected chi connectivity index (χ3v) is 6.62. The van der Waals surface area contributed by atoms with Gasteiger partial charge >= 0.3 is 0 Å². The quantitative estimate of drug-likeness (QED) is 0.696. The molecule has 0 aliphatic carbocycles. The Kier molecular flexibility index (Phi) is 7.39. The fraction of sp³-hybridized carbons (Fsp3) is 0.409. The molecule has 1 aliphatic heterocycles. The number of sulfone groups is 1. The second-order valence-electron chi connectivity index (χ2n) is 7.81. The van der Waals surface area contributed by atoms with Crippen LogP contribution >= 0.6 is 11.6 Å². The van der Waals surface area contributed by atoms with Crippen LogP contribution < -0.4 is 10.2 Å². The normalized spacial score (nSPS) is 14.7. The number of hydrogen-bond donors (Lipinski definition) is 1. The highest BCUT2D eigenvalue weighted by Gasteiger charge is 2.17. The van der Waals surface area contributed by atoms with Crippen LogP contribution in [0.15, 0.2) is 47.4 Å². The Morgan fingerprint density at radius 2 is 1.83 bits per heavy atom. The Morgan fingerprint density at radius 3 is 2.53 bits per heavy atom. The van der Waals surface area contributed by atoms with Crippen molar-refractivity contribution < 1.29 is 13.2 Å². The number of nitrogens with zero attached hydrogens (tertiary/aromatic N) is 2. The average molecular weight is 450 g/mol. The molecule has 0 spiro atoms. The Labute approximate surface area is 183 Å². The van der Waals surface area contributed by atoms with E-state index in [0.29, 0.717) is 17.3 Å². The summed E-state index contributed by atoms with van der Waals surface area (Å²) >= 11 is 6.13. The topological polar surface area (TPSA) is 69.7 Å². The molecule has 1 heterocycles. The minimum Gasteiger partial charge on any atom is -0.371 e. The number of amides is 1. The molecule has 1 N–H and O–H groups in total. The smallest absolute Gasteiger partial charge is 0.238 e. The van der Waals surface area contributed by atoms with Gasteiger partial charge in [0.05, 0.1) is 22.2 Å². The van der Waals surface area contributed by atoms with Crippen molar-refractivity contribution in [3.63, 3.8) is 0 Å². The van der Waals surface area contributed by atoms with Crippen molar-refractivity contribution in [1.29, 1.82) is 0 Å². The van der Waals surface area contributed by atoms with E-state index in [2.05, 4.69) is 28.4 Å². The first kappa shape index (κ1) is 22.6. The van der Waals surface area contributed by atoms with Crippen LogP contribution in [0, 0.1) is 0 Å². The molecular formula is C22H28ClN3O3S. The summed E-state index contributed by atoms with van der Waals surface area (Å²) in [5, 5.41) is 3.03. The maximum absolute atomic E-state index is 12.5. The van der Waals surface area contributed by atoms with Crippen LogP contribution in [0.1, 0.15) is 24.8 Å². The zero-order valence-electron chi connectivity index (χ0n) is 17.4. The molecule has 6 nitrogen and oxygen atoms in total. The number of likely N-dealkylation sites (N-methyl/N-ethyl adjacent to an activating group) is 1. The van der Waals surface area contributed by atoms with Gasteiger partial charge in [-0.25, -0.2) is 8.42 Å². The average Bonchev–Trinajstić information content (AvgIpc) is 2.69. The van der Waals surface area contributed by atoms with Gasteiger partial charge in [-0.2, -0.15) is 0 Å². The molecule has 2 aromatic carbocycles. The molecule has 1 saturated heterocycles. The fourth-order valence-electron chi connectivity index (χ4n) is 3.70. The molecule has 0 bridgehead atoms. The number of nitrogens with one attached hydrogen (secondary N) is 1. The van der Waals surface area contributed by atoms with E-state index in [-0.39, 0.29) is 17.3 Å². The number of halogens is 1. The van der Waals surface area contributed by atoms with E-state index in [1.807, 2.05) is 18.0 Å². The fourth-order valence-corrected chi connectivity index (χ4v) is 4.51. The lowest BCUT2D eigenvalue weighted by atomic mass is 10.1. The molecule has 0 saturated carbocycles. The van der Waals surface area contributed by atoms with Gasteiger partial charge in [-0.15, -0.1) is 0 Å². The first-order valence-electron chi connectivity index (χ1n) is 10.0. The van der Waals surface area contributed by atoms with E-state index in [9.17, 15) is 13.2 Å². The molecular weight excluding hydrogens is 422 g/mol.